The number of anilines is 1. The van der Waals surface area contributed by atoms with Gasteiger partial charge in [-0.1, -0.05) is 12.8 Å². The van der Waals surface area contributed by atoms with Crippen LogP contribution in [0, 0.1) is 0 Å². The molecule has 0 aliphatic carbocycles. The maximum Gasteiger partial charge on any atom is 0.330 e. The van der Waals surface area contributed by atoms with Crippen LogP contribution in [0.5, 0.6) is 0 Å². The molecule has 6 heteroatoms. The van der Waals surface area contributed by atoms with Crippen molar-refractivity contribution in [2.75, 3.05) is 5.32 Å². The van der Waals surface area contributed by atoms with Crippen LogP contribution < -0.4 is 10.0 Å². The first-order valence-electron chi connectivity index (χ1n) is 3.05. The molecule has 1 aromatic rings. The highest BCUT2D eigenvalue weighted by molar-refractivity contribution is 9.10. The lowest BCUT2D eigenvalue weighted by Gasteiger charge is -2.01. The molecule has 0 fully saturated rings. The molecular formula is C6H6BrN3OS. The zero-order valence-corrected chi connectivity index (χ0v) is 8.39. The van der Waals surface area contributed by atoms with Crippen molar-refractivity contribution in [3.05, 3.63) is 22.8 Å². The summed E-state index contributed by atoms with van der Waals surface area (Å²) in [7, 11) is 0. The SMILES string of the molecule is O=C(NS)Nc1ccc(Br)cn1. The van der Waals surface area contributed by atoms with Crippen molar-refractivity contribution in [1.82, 2.24) is 9.71 Å². The molecule has 1 heterocycles. The molecule has 1 rings (SSSR count). The average Bonchev–Trinajstić information content (AvgIpc) is 2.09. The first-order valence-corrected chi connectivity index (χ1v) is 4.29. The number of carbonyl (C=O) groups is 1. The molecule has 0 bridgehead atoms. The van der Waals surface area contributed by atoms with Crippen molar-refractivity contribution in [2.45, 2.75) is 0 Å². The number of carbonyl (C=O) groups excluding carboxylic acids is 1. The van der Waals surface area contributed by atoms with Crippen LogP contribution in [0.1, 0.15) is 0 Å². The number of halogens is 1. The van der Waals surface area contributed by atoms with Crippen molar-refractivity contribution in [2.24, 2.45) is 0 Å². The number of urea groups is 1. The van der Waals surface area contributed by atoms with E-state index in [-0.39, 0.29) is 0 Å². The Morgan fingerprint density at radius 3 is 2.83 bits per heavy atom. The minimum Gasteiger partial charge on any atom is -0.292 e. The Labute approximate surface area is 83.4 Å². The molecule has 0 atom stereocenters. The molecule has 64 valence electrons. The van der Waals surface area contributed by atoms with E-state index < -0.39 is 6.03 Å². The van der Waals surface area contributed by atoms with E-state index in [4.69, 9.17) is 0 Å². The topological polar surface area (TPSA) is 54.0 Å². The van der Waals surface area contributed by atoms with Gasteiger partial charge < -0.3 is 0 Å². The fourth-order valence-corrected chi connectivity index (χ4v) is 0.884. The summed E-state index contributed by atoms with van der Waals surface area (Å²) in [5.74, 6) is 0.477. The fourth-order valence-electron chi connectivity index (χ4n) is 0.594. The zero-order valence-electron chi connectivity index (χ0n) is 5.91. The smallest absolute Gasteiger partial charge is 0.292 e. The van der Waals surface area contributed by atoms with Gasteiger partial charge in [-0.15, -0.1) is 0 Å². The van der Waals surface area contributed by atoms with Crippen LogP contribution in [0.2, 0.25) is 0 Å². The molecule has 2 amide bonds. The Morgan fingerprint density at radius 1 is 1.58 bits per heavy atom. The number of rotatable bonds is 1. The summed E-state index contributed by atoms with van der Waals surface area (Å²) in [4.78, 5) is 14.6. The third kappa shape index (κ3) is 2.71. The van der Waals surface area contributed by atoms with Crippen LogP contribution >= 0.6 is 28.7 Å². The van der Waals surface area contributed by atoms with Crippen LogP contribution in [0.25, 0.3) is 0 Å². The monoisotopic (exact) mass is 247 g/mol. The molecule has 0 radical (unpaired) electrons. The summed E-state index contributed by atoms with van der Waals surface area (Å²) in [6.07, 6.45) is 1.59. The van der Waals surface area contributed by atoms with Crippen LogP contribution in [-0.2, 0) is 0 Å². The Bertz CT molecular complexity index is 277. The van der Waals surface area contributed by atoms with E-state index in [0.29, 0.717) is 5.82 Å². The van der Waals surface area contributed by atoms with Crippen LogP contribution in [0.4, 0.5) is 10.6 Å². The van der Waals surface area contributed by atoms with Gasteiger partial charge >= 0.3 is 6.03 Å². The molecule has 0 aromatic carbocycles. The molecule has 0 spiro atoms. The van der Waals surface area contributed by atoms with Gasteiger partial charge in [-0.05, 0) is 28.1 Å². The fraction of sp³-hybridized carbons (Fsp3) is 0. The number of amides is 2. The summed E-state index contributed by atoms with van der Waals surface area (Å²) in [5.41, 5.74) is 0. The number of hydrogen-bond donors (Lipinski definition) is 3. The standard InChI is InChI=1S/C6H6BrN3OS/c7-4-1-2-5(8-3-4)9-6(11)10-12/h1-3,12H,(H2,8,9,10,11). The lowest BCUT2D eigenvalue weighted by atomic mass is 10.5. The molecule has 0 saturated heterocycles. The van der Waals surface area contributed by atoms with Gasteiger partial charge in [-0.25, -0.2) is 9.78 Å². The molecule has 2 N–H and O–H groups in total. The molecule has 0 unspecified atom stereocenters. The van der Waals surface area contributed by atoms with Gasteiger partial charge in [0.25, 0.3) is 0 Å². The Balaban J connectivity index is 2.64. The van der Waals surface area contributed by atoms with E-state index in [1.807, 2.05) is 0 Å². The average molecular weight is 248 g/mol. The maximum atomic E-state index is 10.7. The van der Waals surface area contributed by atoms with Gasteiger partial charge in [0.15, 0.2) is 0 Å². The van der Waals surface area contributed by atoms with Crippen molar-refractivity contribution in [3.8, 4) is 0 Å². The van der Waals surface area contributed by atoms with Crippen molar-refractivity contribution >= 4 is 40.6 Å². The second-order valence-corrected chi connectivity index (χ2v) is 3.07. The number of hydrogen-bond acceptors (Lipinski definition) is 3. The Morgan fingerprint density at radius 2 is 2.33 bits per heavy atom. The Hall–Kier alpha value is -0.750. The number of thiol groups is 1. The van der Waals surface area contributed by atoms with Gasteiger partial charge in [-0.3, -0.25) is 10.0 Å². The molecule has 0 aliphatic rings. The van der Waals surface area contributed by atoms with E-state index in [2.05, 4.69) is 43.8 Å². The summed E-state index contributed by atoms with van der Waals surface area (Å²) in [6, 6.07) is 3.04. The summed E-state index contributed by atoms with van der Waals surface area (Å²) < 4.78 is 2.98. The van der Waals surface area contributed by atoms with Gasteiger partial charge in [0, 0.05) is 10.7 Å². The number of nitrogens with one attached hydrogen (secondary N) is 2. The lowest BCUT2D eigenvalue weighted by molar-refractivity contribution is 0.257. The first-order chi connectivity index (χ1) is 5.72. The third-order valence-electron chi connectivity index (χ3n) is 1.07. The van der Waals surface area contributed by atoms with Crippen LogP contribution in [-0.4, -0.2) is 11.0 Å². The first kappa shape index (κ1) is 9.34. The van der Waals surface area contributed by atoms with E-state index in [0.717, 1.165) is 4.47 Å². The summed E-state index contributed by atoms with van der Waals surface area (Å²) in [5, 5.41) is 2.46. The predicted octanol–water partition coefficient (Wildman–Crippen LogP) is 1.81. The molecular weight excluding hydrogens is 242 g/mol. The minimum atomic E-state index is -0.409. The predicted molar refractivity (Wildman–Crippen MR) is 53.1 cm³/mol. The van der Waals surface area contributed by atoms with Gasteiger partial charge in [0.05, 0.1) is 0 Å². The van der Waals surface area contributed by atoms with Crippen molar-refractivity contribution in [1.29, 1.82) is 0 Å². The zero-order chi connectivity index (χ0) is 8.97. The van der Waals surface area contributed by atoms with E-state index in [1.54, 1.807) is 18.3 Å². The second kappa shape index (κ2) is 4.32. The minimum absolute atomic E-state index is 0.409. The van der Waals surface area contributed by atoms with Crippen LogP contribution in [0.15, 0.2) is 22.8 Å². The number of aromatic nitrogens is 1. The summed E-state index contributed by atoms with van der Waals surface area (Å²) in [6.45, 7) is 0. The molecule has 0 saturated carbocycles. The third-order valence-corrected chi connectivity index (χ3v) is 1.74. The highest BCUT2D eigenvalue weighted by Crippen LogP contribution is 2.09. The van der Waals surface area contributed by atoms with E-state index in [9.17, 15) is 4.79 Å². The summed E-state index contributed by atoms with van der Waals surface area (Å²) >= 11 is 6.79. The quantitative estimate of drug-likeness (QED) is 0.664. The second-order valence-electron chi connectivity index (χ2n) is 1.93. The molecule has 12 heavy (non-hydrogen) atoms. The lowest BCUT2D eigenvalue weighted by Crippen LogP contribution is -2.20. The van der Waals surface area contributed by atoms with Crippen molar-refractivity contribution in [3.63, 3.8) is 0 Å². The Kier molecular flexibility index (Phi) is 3.36. The van der Waals surface area contributed by atoms with Gasteiger partial charge in [-0.2, -0.15) is 0 Å². The molecule has 4 nitrogen and oxygen atoms in total. The van der Waals surface area contributed by atoms with Gasteiger partial charge in [0.2, 0.25) is 0 Å². The molecule has 0 aliphatic heterocycles. The maximum absolute atomic E-state index is 10.7. The highest BCUT2D eigenvalue weighted by atomic mass is 79.9. The van der Waals surface area contributed by atoms with E-state index in [1.165, 1.54) is 0 Å². The van der Waals surface area contributed by atoms with E-state index >= 15 is 0 Å². The number of nitrogens with zero attached hydrogens (tertiary/aromatic N) is 1. The number of pyridine rings is 1. The van der Waals surface area contributed by atoms with Crippen molar-refractivity contribution < 1.29 is 4.79 Å². The largest absolute Gasteiger partial charge is 0.330 e. The van der Waals surface area contributed by atoms with Gasteiger partial charge in [0.1, 0.15) is 5.82 Å². The molecule has 1 aromatic heterocycles. The normalized spacial score (nSPS) is 9.17. The van der Waals surface area contributed by atoms with Crippen LogP contribution in [0.3, 0.4) is 0 Å². The highest BCUT2D eigenvalue weighted by Gasteiger charge is 1.98.